The van der Waals surface area contributed by atoms with E-state index in [2.05, 4.69) is 24.0 Å². The van der Waals surface area contributed by atoms with Crippen molar-refractivity contribution in [1.82, 2.24) is 4.98 Å². The molecule has 0 spiro atoms. The van der Waals surface area contributed by atoms with Gasteiger partial charge < -0.3 is 4.74 Å². The third kappa shape index (κ3) is 2.11. The third-order valence-electron chi connectivity index (χ3n) is 3.00. The number of hydrogen-bond acceptors (Lipinski definition) is 3. The zero-order valence-corrected chi connectivity index (χ0v) is 12.3. The van der Waals surface area contributed by atoms with Crippen LogP contribution in [0.5, 0.6) is 5.75 Å². The predicted octanol–water partition coefficient (Wildman–Crippen LogP) is 3.80. The van der Waals surface area contributed by atoms with E-state index in [1.54, 1.807) is 7.11 Å². The summed E-state index contributed by atoms with van der Waals surface area (Å²) in [4.78, 5) is 6.05. The second-order valence-corrected chi connectivity index (χ2v) is 5.32. The average molecular weight is 312 g/mol. The van der Waals surface area contributed by atoms with Crippen LogP contribution in [0.15, 0.2) is 18.2 Å². The Balaban J connectivity index is 0.00000108. The number of methoxy groups -OCH3 is 1. The molecule has 2 aromatic rings. The Morgan fingerprint density at radius 2 is 2.12 bits per heavy atom. The summed E-state index contributed by atoms with van der Waals surface area (Å²) in [5.41, 5.74) is 3.81. The molecule has 1 aliphatic carbocycles. The molecule has 1 aromatic carbocycles. The zero-order chi connectivity index (χ0) is 11.1. The lowest BCUT2D eigenvalue weighted by atomic mass is 9.93. The monoisotopic (exact) mass is 311 g/mol. The van der Waals surface area contributed by atoms with Gasteiger partial charge in [0, 0.05) is 10.4 Å². The van der Waals surface area contributed by atoms with Crippen LogP contribution >= 0.6 is 28.3 Å². The van der Waals surface area contributed by atoms with E-state index in [9.17, 15) is 0 Å². The molecule has 0 saturated carbocycles. The number of aryl methyl sites for hydroxylation is 3. The summed E-state index contributed by atoms with van der Waals surface area (Å²) >= 11 is 1.82. The second kappa shape index (κ2) is 4.78. The van der Waals surface area contributed by atoms with E-state index in [0.29, 0.717) is 0 Å². The molecule has 0 N–H and O–H groups in total. The first-order chi connectivity index (χ1) is 7.78. The van der Waals surface area contributed by atoms with E-state index < -0.39 is 0 Å². The molecule has 0 atom stereocenters. The smallest absolute Gasteiger partial charge is 0.119 e. The molecule has 0 fully saturated rings. The maximum absolute atomic E-state index is 5.28. The SMILES string of the molecule is Br.COc1ccc2c(c1)-c1nc(C)sc1CC2. The summed E-state index contributed by atoms with van der Waals surface area (Å²) in [5.74, 6) is 0.914. The quantitative estimate of drug-likeness (QED) is 0.799. The molecule has 0 aliphatic heterocycles. The minimum Gasteiger partial charge on any atom is -0.497 e. The highest BCUT2D eigenvalue weighted by atomic mass is 79.9. The fourth-order valence-electron chi connectivity index (χ4n) is 2.22. The molecule has 3 rings (SSSR count). The van der Waals surface area contributed by atoms with Crippen LogP contribution in [0, 0.1) is 6.92 Å². The summed E-state index contributed by atoms with van der Waals surface area (Å²) in [6.45, 7) is 2.07. The van der Waals surface area contributed by atoms with Crippen LogP contribution in [0.25, 0.3) is 11.3 Å². The summed E-state index contributed by atoms with van der Waals surface area (Å²) in [6, 6.07) is 6.29. The number of hydrogen-bond donors (Lipinski definition) is 0. The standard InChI is InChI=1S/C13H13NOS.BrH/c1-8-14-13-11-7-10(15-2)5-3-9(11)4-6-12(13)16-8;/h3,5,7H,4,6H2,1-2H3;1H. The zero-order valence-electron chi connectivity index (χ0n) is 9.82. The van der Waals surface area contributed by atoms with E-state index in [1.165, 1.54) is 21.7 Å². The number of benzene rings is 1. The highest BCUT2D eigenvalue weighted by Gasteiger charge is 2.20. The van der Waals surface area contributed by atoms with Gasteiger partial charge in [0.1, 0.15) is 5.75 Å². The minimum absolute atomic E-state index is 0. The van der Waals surface area contributed by atoms with Gasteiger partial charge in [0.15, 0.2) is 0 Å². The Labute approximate surface area is 115 Å². The Bertz CT molecular complexity index is 550. The molecule has 1 aliphatic rings. The summed E-state index contributed by atoms with van der Waals surface area (Å²) < 4.78 is 5.28. The molecular formula is C13H14BrNOS. The summed E-state index contributed by atoms with van der Waals surface area (Å²) in [5, 5.41) is 1.15. The highest BCUT2D eigenvalue weighted by Crippen LogP contribution is 2.37. The lowest BCUT2D eigenvalue weighted by Gasteiger charge is -2.15. The maximum Gasteiger partial charge on any atom is 0.119 e. The topological polar surface area (TPSA) is 22.1 Å². The molecule has 90 valence electrons. The lowest BCUT2D eigenvalue weighted by Crippen LogP contribution is -2.02. The van der Waals surface area contributed by atoms with Gasteiger partial charge in [-0.05, 0) is 37.5 Å². The van der Waals surface area contributed by atoms with Crippen LogP contribution < -0.4 is 4.74 Å². The average Bonchev–Trinajstić information content (AvgIpc) is 2.69. The molecule has 17 heavy (non-hydrogen) atoms. The van der Waals surface area contributed by atoms with E-state index in [0.717, 1.165) is 23.6 Å². The Hall–Kier alpha value is -0.870. The van der Waals surface area contributed by atoms with E-state index >= 15 is 0 Å². The van der Waals surface area contributed by atoms with Crippen LogP contribution in [-0.4, -0.2) is 12.1 Å². The first-order valence-electron chi connectivity index (χ1n) is 5.41. The van der Waals surface area contributed by atoms with Crippen LogP contribution in [-0.2, 0) is 12.8 Å². The maximum atomic E-state index is 5.28. The van der Waals surface area contributed by atoms with Crippen LogP contribution in [0.3, 0.4) is 0 Å². The number of ether oxygens (including phenoxy) is 1. The number of aromatic nitrogens is 1. The van der Waals surface area contributed by atoms with Gasteiger partial charge in [-0.1, -0.05) is 6.07 Å². The van der Waals surface area contributed by atoms with Gasteiger partial charge in [0.05, 0.1) is 17.8 Å². The fraction of sp³-hybridized carbons (Fsp3) is 0.308. The van der Waals surface area contributed by atoms with Gasteiger partial charge in [0.25, 0.3) is 0 Å². The van der Waals surface area contributed by atoms with Crippen molar-refractivity contribution in [3.63, 3.8) is 0 Å². The molecule has 0 unspecified atom stereocenters. The number of halogens is 1. The van der Waals surface area contributed by atoms with Gasteiger partial charge >= 0.3 is 0 Å². The Morgan fingerprint density at radius 3 is 2.88 bits per heavy atom. The van der Waals surface area contributed by atoms with E-state index in [1.807, 2.05) is 17.4 Å². The summed E-state index contributed by atoms with van der Waals surface area (Å²) in [6.07, 6.45) is 2.24. The van der Waals surface area contributed by atoms with Crippen molar-refractivity contribution in [2.75, 3.05) is 7.11 Å². The van der Waals surface area contributed by atoms with Crippen molar-refractivity contribution in [2.24, 2.45) is 0 Å². The first kappa shape index (κ1) is 12.6. The van der Waals surface area contributed by atoms with Crippen molar-refractivity contribution < 1.29 is 4.74 Å². The molecule has 0 radical (unpaired) electrons. The van der Waals surface area contributed by atoms with Crippen molar-refractivity contribution >= 4 is 28.3 Å². The molecule has 0 saturated heterocycles. The van der Waals surface area contributed by atoms with Gasteiger partial charge in [-0.3, -0.25) is 0 Å². The largest absolute Gasteiger partial charge is 0.497 e. The van der Waals surface area contributed by atoms with Crippen molar-refractivity contribution in [3.05, 3.63) is 33.6 Å². The Kier molecular flexibility index (Phi) is 3.54. The van der Waals surface area contributed by atoms with Crippen LogP contribution in [0.1, 0.15) is 15.4 Å². The summed E-state index contributed by atoms with van der Waals surface area (Å²) in [7, 11) is 1.71. The molecule has 0 amide bonds. The Morgan fingerprint density at radius 1 is 1.29 bits per heavy atom. The van der Waals surface area contributed by atoms with Crippen LogP contribution in [0.4, 0.5) is 0 Å². The molecular weight excluding hydrogens is 298 g/mol. The highest BCUT2D eigenvalue weighted by molar-refractivity contribution is 8.93. The normalized spacial score (nSPS) is 12.4. The van der Waals surface area contributed by atoms with Gasteiger partial charge in [-0.15, -0.1) is 28.3 Å². The van der Waals surface area contributed by atoms with Crippen molar-refractivity contribution in [2.45, 2.75) is 19.8 Å². The van der Waals surface area contributed by atoms with Crippen molar-refractivity contribution in [3.8, 4) is 17.0 Å². The fourth-order valence-corrected chi connectivity index (χ4v) is 3.17. The second-order valence-electron chi connectivity index (χ2n) is 4.03. The molecule has 0 bridgehead atoms. The molecule has 1 heterocycles. The number of fused-ring (bicyclic) bond motifs is 3. The lowest BCUT2D eigenvalue weighted by molar-refractivity contribution is 0.415. The van der Waals surface area contributed by atoms with E-state index in [-0.39, 0.29) is 17.0 Å². The number of rotatable bonds is 1. The number of nitrogens with zero attached hydrogens (tertiary/aromatic N) is 1. The predicted molar refractivity (Wildman–Crippen MR) is 76.6 cm³/mol. The van der Waals surface area contributed by atoms with Gasteiger partial charge in [0.2, 0.25) is 0 Å². The van der Waals surface area contributed by atoms with Crippen LogP contribution in [0.2, 0.25) is 0 Å². The first-order valence-corrected chi connectivity index (χ1v) is 6.23. The third-order valence-corrected chi connectivity index (χ3v) is 4.03. The minimum atomic E-state index is 0. The molecule has 1 aromatic heterocycles. The van der Waals surface area contributed by atoms with Gasteiger partial charge in [-0.2, -0.15) is 0 Å². The molecule has 4 heteroatoms. The van der Waals surface area contributed by atoms with Gasteiger partial charge in [-0.25, -0.2) is 4.98 Å². The molecule has 2 nitrogen and oxygen atoms in total. The van der Waals surface area contributed by atoms with E-state index in [4.69, 9.17) is 4.74 Å². The van der Waals surface area contributed by atoms with Crippen molar-refractivity contribution in [1.29, 1.82) is 0 Å². The number of thiazole rings is 1.